The van der Waals surface area contributed by atoms with Crippen LogP contribution in [0.1, 0.15) is 25.8 Å². The average Bonchev–Trinajstić information content (AvgIpc) is 2.38. The topological polar surface area (TPSA) is 38.5 Å². The number of hydrogen-bond acceptors (Lipinski definition) is 3. The van der Waals surface area contributed by atoms with Crippen molar-refractivity contribution in [3.63, 3.8) is 0 Å². The number of nitrogens with zero attached hydrogens (tertiary/aromatic N) is 1. The lowest BCUT2D eigenvalue weighted by molar-refractivity contribution is 0.176. The van der Waals surface area contributed by atoms with Crippen LogP contribution in [-0.2, 0) is 0 Å². The SMILES string of the molecule is COc1ccc(C)cc1N1CCC(C)(C)C(CN)C1. The molecule has 0 aromatic heterocycles. The maximum Gasteiger partial charge on any atom is 0.142 e. The molecule has 1 aliphatic heterocycles. The van der Waals surface area contributed by atoms with Crippen LogP contribution >= 0.6 is 0 Å². The Morgan fingerprint density at radius 2 is 2.16 bits per heavy atom. The molecule has 2 N–H and O–H groups in total. The Morgan fingerprint density at radius 1 is 1.42 bits per heavy atom. The Morgan fingerprint density at radius 3 is 2.79 bits per heavy atom. The van der Waals surface area contributed by atoms with Crippen LogP contribution in [0.5, 0.6) is 5.75 Å². The molecular weight excluding hydrogens is 236 g/mol. The molecule has 0 spiro atoms. The van der Waals surface area contributed by atoms with Crippen LogP contribution in [-0.4, -0.2) is 26.7 Å². The molecule has 1 unspecified atom stereocenters. The van der Waals surface area contributed by atoms with Crippen molar-refractivity contribution in [1.29, 1.82) is 0 Å². The van der Waals surface area contributed by atoms with E-state index in [0.717, 1.165) is 25.4 Å². The molecule has 1 atom stereocenters. The summed E-state index contributed by atoms with van der Waals surface area (Å²) in [5.74, 6) is 1.49. The van der Waals surface area contributed by atoms with Crippen LogP contribution in [0.2, 0.25) is 0 Å². The van der Waals surface area contributed by atoms with E-state index in [-0.39, 0.29) is 0 Å². The fourth-order valence-corrected chi connectivity index (χ4v) is 2.89. The smallest absolute Gasteiger partial charge is 0.142 e. The van der Waals surface area contributed by atoms with E-state index in [4.69, 9.17) is 10.5 Å². The molecule has 19 heavy (non-hydrogen) atoms. The van der Waals surface area contributed by atoms with Gasteiger partial charge >= 0.3 is 0 Å². The monoisotopic (exact) mass is 262 g/mol. The van der Waals surface area contributed by atoms with Crippen molar-refractivity contribution < 1.29 is 4.74 Å². The zero-order valence-corrected chi connectivity index (χ0v) is 12.6. The standard InChI is InChI=1S/C16H26N2O/c1-12-5-6-15(19-4)14(9-12)18-8-7-16(2,3)13(10-17)11-18/h5-6,9,13H,7-8,10-11,17H2,1-4H3. The second-order valence-electron chi connectivity index (χ2n) is 6.29. The zero-order chi connectivity index (χ0) is 14.0. The first kappa shape index (κ1) is 14.2. The van der Waals surface area contributed by atoms with Gasteiger partial charge in [-0.3, -0.25) is 0 Å². The van der Waals surface area contributed by atoms with E-state index in [2.05, 4.69) is 43.9 Å². The minimum Gasteiger partial charge on any atom is -0.495 e. The number of piperidine rings is 1. The van der Waals surface area contributed by atoms with Gasteiger partial charge in [-0.15, -0.1) is 0 Å². The third kappa shape index (κ3) is 2.86. The molecule has 0 amide bonds. The van der Waals surface area contributed by atoms with Gasteiger partial charge in [0.25, 0.3) is 0 Å². The van der Waals surface area contributed by atoms with Gasteiger partial charge in [-0.2, -0.15) is 0 Å². The van der Waals surface area contributed by atoms with Gasteiger partial charge < -0.3 is 15.4 Å². The molecule has 0 bridgehead atoms. The lowest BCUT2D eigenvalue weighted by atomic mass is 9.73. The largest absolute Gasteiger partial charge is 0.495 e. The number of nitrogens with two attached hydrogens (primary N) is 1. The first-order valence-corrected chi connectivity index (χ1v) is 7.07. The summed E-state index contributed by atoms with van der Waals surface area (Å²) >= 11 is 0. The molecule has 1 aliphatic rings. The van der Waals surface area contributed by atoms with Gasteiger partial charge in [0.1, 0.15) is 5.75 Å². The first-order valence-electron chi connectivity index (χ1n) is 7.07. The lowest BCUT2D eigenvalue weighted by Gasteiger charge is -2.44. The summed E-state index contributed by atoms with van der Waals surface area (Å²) in [4.78, 5) is 2.43. The van der Waals surface area contributed by atoms with Crippen LogP contribution < -0.4 is 15.4 Å². The second-order valence-corrected chi connectivity index (χ2v) is 6.29. The fourth-order valence-electron chi connectivity index (χ4n) is 2.89. The summed E-state index contributed by atoms with van der Waals surface area (Å²) in [6.07, 6.45) is 1.17. The van der Waals surface area contributed by atoms with E-state index < -0.39 is 0 Å². The molecule has 1 aromatic carbocycles. The maximum absolute atomic E-state index is 5.96. The van der Waals surface area contributed by atoms with E-state index in [1.807, 2.05) is 0 Å². The molecule has 2 rings (SSSR count). The number of ether oxygens (including phenoxy) is 1. The first-order chi connectivity index (χ1) is 8.97. The van der Waals surface area contributed by atoms with Crippen molar-refractivity contribution in [2.24, 2.45) is 17.1 Å². The summed E-state index contributed by atoms with van der Waals surface area (Å²) in [5, 5.41) is 0. The third-order valence-corrected chi connectivity index (χ3v) is 4.53. The van der Waals surface area contributed by atoms with E-state index in [1.165, 1.54) is 17.7 Å². The quantitative estimate of drug-likeness (QED) is 0.910. The van der Waals surface area contributed by atoms with Crippen molar-refractivity contribution in [1.82, 2.24) is 0 Å². The van der Waals surface area contributed by atoms with Crippen LogP contribution in [0.3, 0.4) is 0 Å². The Kier molecular flexibility index (Phi) is 4.04. The number of hydrogen-bond donors (Lipinski definition) is 1. The summed E-state index contributed by atoms with van der Waals surface area (Å²) in [7, 11) is 1.74. The molecule has 0 aliphatic carbocycles. The normalized spacial score (nSPS) is 22.4. The van der Waals surface area contributed by atoms with Crippen molar-refractivity contribution >= 4 is 5.69 Å². The van der Waals surface area contributed by atoms with Crippen molar-refractivity contribution in [2.45, 2.75) is 27.2 Å². The Hall–Kier alpha value is -1.22. The van der Waals surface area contributed by atoms with E-state index >= 15 is 0 Å². The summed E-state index contributed by atoms with van der Waals surface area (Å²) in [6, 6.07) is 6.36. The van der Waals surface area contributed by atoms with Crippen molar-refractivity contribution in [3.05, 3.63) is 23.8 Å². The van der Waals surface area contributed by atoms with Gasteiger partial charge in [0.15, 0.2) is 0 Å². The van der Waals surface area contributed by atoms with Gasteiger partial charge in [-0.25, -0.2) is 0 Å². The highest BCUT2D eigenvalue weighted by molar-refractivity contribution is 5.60. The Bertz CT molecular complexity index is 442. The van der Waals surface area contributed by atoms with Crippen molar-refractivity contribution in [2.75, 3.05) is 31.6 Å². The molecule has 1 fully saturated rings. The highest BCUT2D eigenvalue weighted by atomic mass is 16.5. The fraction of sp³-hybridized carbons (Fsp3) is 0.625. The predicted molar refractivity (Wildman–Crippen MR) is 80.9 cm³/mol. The number of aryl methyl sites for hydroxylation is 1. The molecule has 0 saturated carbocycles. The van der Waals surface area contributed by atoms with Crippen LogP contribution in [0.25, 0.3) is 0 Å². The molecule has 1 saturated heterocycles. The molecule has 3 heteroatoms. The molecule has 3 nitrogen and oxygen atoms in total. The lowest BCUT2D eigenvalue weighted by Crippen LogP contribution is -2.47. The highest BCUT2D eigenvalue weighted by Gasteiger charge is 2.35. The van der Waals surface area contributed by atoms with Gasteiger partial charge in [-0.1, -0.05) is 19.9 Å². The van der Waals surface area contributed by atoms with Gasteiger partial charge in [0.2, 0.25) is 0 Å². The van der Waals surface area contributed by atoms with E-state index in [0.29, 0.717) is 11.3 Å². The number of benzene rings is 1. The minimum absolute atomic E-state index is 0.336. The number of anilines is 1. The summed E-state index contributed by atoms with van der Waals surface area (Å²) in [6.45, 7) is 9.62. The van der Waals surface area contributed by atoms with E-state index in [9.17, 15) is 0 Å². The molecule has 1 heterocycles. The van der Waals surface area contributed by atoms with Crippen LogP contribution in [0, 0.1) is 18.3 Å². The average molecular weight is 262 g/mol. The Labute approximate surface area is 116 Å². The second kappa shape index (κ2) is 5.41. The van der Waals surface area contributed by atoms with Crippen LogP contribution in [0.4, 0.5) is 5.69 Å². The summed E-state index contributed by atoms with van der Waals surface area (Å²) < 4.78 is 5.50. The number of methoxy groups -OCH3 is 1. The third-order valence-electron chi connectivity index (χ3n) is 4.53. The van der Waals surface area contributed by atoms with Gasteiger partial charge in [-0.05, 0) is 48.9 Å². The maximum atomic E-state index is 5.96. The molecule has 0 radical (unpaired) electrons. The van der Waals surface area contributed by atoms with Gasteiger partial charge in [0.05, 0.1) is 12.8 Å². The number of rotatable bonds is 3. The molecule has 1 aromatic rings. The zero-order valence-electron chi connectivity index (χ0n) is 12.6. The molecular formula is C16H26N2O. The minimum atomic E-state index is 0.336. The van der Waals surface area contributed by atoms with Crippen LogP contribution in [0.15, 0.2) is 18.2 Å². The van der Waals surface area contributed by atoms with E-state index in [1.54, 1.807) is 7.11 Å². The predicted octanol–water partition coefficient (Wildman–Crippen LogP) is 2.81. The van der Waals surface area contributed by atoms with Gasteiger partial charge in [0, 0.05) is 13.1 Å². The summed E-state index contributed by atoms with van der Waals surface area (Å²) in [5.41, 5.74) is 8.77. The van der Waals surface area contributed by atoms with Crippen molar-refractivity contribution in [3.8, 4) is 5.75 Å². The Balaban J connectivity index is 2.26. The molecule has 106 valence electrons. The highest BCUT2D eigenvalue weighted by Crippen LogP contribution is 2.39.